The molecule has 0 bridgehead atoms. The van der Waals surface area contributed by atoms with Crippen molar-refractivity contribution in [2.45, 2.75) is 88.9 Å². The zero-order valence-corrected chi connectivity index (χ0v) is 23.7. The lowest BCUT2D eigenvalue weighted by Crippen LogP contribution is -2.53. The molecule has 4 heterocycles. The molecule has 4 aliphatic heterocycles. The maximum Gasteiger partial charge on any atom is 0.120 e. The van der Waals surface area contributed by atoms with Gasteiger partial charge < -0.3 is 20.1 Å². The van der Waals surface area contributed by atoms with Crippen LogP contribution >= 0.6 is 11.6 Å². The first-order valence-corrected chi connectivity index (χ1v) is 14.8. The van der Waals surface area contributed by atoms with E-state index in [0.29, 0.717) is 31.8 Å². The number of aliphatic imine (C=N–C) groups is 2. The van der Waals surface area contributed by atoms with E-state index in [1.54, 1.807) is 0 Å². The molecular formula is C29H43ClN6O2. The number of amidine groups is 2. The van der Waals surface area contributed by atoms with Gasteiger partial charge in [0, 0.05) is 62.0 Å². The van der Waals surface area contributed by atoms with Gasteiger partial charge in [-0.05, 0) is 64.9 Å². The van der Waals surface area contributed by atoms with Crippen LogP contribution in [0.3, 0.4) is 0 Å². The minimum Gasteiger partial charge on any atom is -0.381 e. The molecule has 0 aromatic heterocycles. The summed E-state index contributed by atoms with van der Waals surface area (Å²) >= 11 is 6.71. The largest absolute Gasteiger partial charge is 0.381 e. The molecule has 1 saturated carbocycles. The van der Waals surface area contributed by atoms with Crippen molar-refractivity contribution in [2.24, 2.45) is 21.3 Å². The van der Waals surface area contributed by atoms with Gasteiger partial charge in [0.15, 0.2) is 0 Å². The van der Waals surface area contributed by atoms with Gasteiger partial charge in [0.2, 0.25) is 0 Å². The number of rotatable bonds is 5. The van der Waals surface area contributed by atoms with Crippen LogP contribution in [0.5, 0.6) is 0 Å². The highest BCUT2D eigenvalue weighted by atomic mass is 35.5. The second-order valence-electron chi connectivity index (χ2n) is 12.2. The fourth-order valence-electron chi connectivity index (χ4n) is 6.48. The lowest BCUT2D eigenvalue weighted by Gasteiger charge is -2.44. The van der Waals surface area contributed by atoms with Gasteiger partial charge in [-0.2, -0.15) is 5.26 Å². The third-order valence-electron chi connectivity index (χ3n) is 8.84. The molecule has 208 valence electrons. The maximum absolute atomic E-state index is 9.76. The van der Waals surface area contributed by atoms with E-state index in [-0.39, 0.29) is 17.6 Å². The number of nitrogens with one attached hydrogen (secondary N) is 2. The van der Waals surface area contributed by atoms with Crippen molar-refractivity contribution in [1.29, 1.82) is 5.26 Å². The van der Waals surface area contributed by atoms with E-state index < -0.39 is 5.41 Å². The Morgan fingerprint density at radius 1 is 1.18 bits per heavy atom. The van der Waals surface area contributed by atoms with Crippen LogP contribution in [0.15, 0.2) is 33.4 Å². The zero-order chi connectivity index (χ0) is 26.6. The van der Waals surface area contributed by atoms with Gasteiger partial charge >= 0.3 is 0 Å². The molecule has 5 aliphatic rings. The first-order valence-electron chi connectivity index (χ1n) is 14.4. The molecule has 0 amide bonds. The summed E-state index contributed by atoms with van der Waals surface area (Å²) in [5.74, 6) is 2.02. The van der Waals surface area contributed by atoms with Crippen molar-refractivity contribution >= 4 is 23.3 Å². The van der Waals surface area contributed by atoms with E-state index in [2.05, 4.69) is 41.5 Å². The molecule has 2 unspecified atom stereocenters. The Morgan fingerprint density at radius 3 is 2.71 bits per heavy atom. The van der Waals surface area contributed by atoms with Crippen molar-refractivity contribution in [3.8, 4) is 6.07 Å². The summed E-state index contributed by atoms with van der Waals surface area (Å²) in [5, 5.41) is 17.6. The number of morpholine rings is 1. The Balaban J connectivity index is 1.16. The Morgan fingerprint density at radius 2 is 1.97 bits per heavy atom. The molecule has 1 aliphatic carbocycles. The van der Waals surface area contributed by atoms with Crippen LogP contribution in [0.4, 0.5) is 0 Å². The van der Waals surface area contributed by atoms with Gasteiger partial charge in [-0.25, -0.2) is 0 Å². The number of halogens is 1. The Hall–Kier alpha value is -1.92. The van der Waals surface area contributed by atoms with E-state index in [4.69, 9.17) is 31.1 Å². The van der Waals surface area contributed by atoms with Crippen LogP contribution in [0.25, 0.3) is 0 Å². The Kier molecular flexibility index (Phi) is 8.79. The molecule has 0 aromatic rings. The molecule has 2 N–H and O–H groups in total. The number of hydrogen-bond acceptors (Lipinski definition) is 6. The summed E-state index contributed by atoms with van der Waals surface area (Å²) in [5.41, 5.74) is -0.465. The lowest BCUT2D eigenvalue weighted by atomic mass is 9.82. The van der Waals surface area contributed by atoms with Crippen LogP contribution < -0.4 is 10.6 Å². The first kappa shape index (κ1) is 27.6. The van der Waals surface area contributed by atoms with E-state index in [1.165, 1.54) is 12.8 Å². The summed E-state index contributed by atoms with van der Waals surface area (Å²) in [6, 6.07) is 3.68. The van der Waals surface area contributed by atoms with Crippen molar-refractivity contribution < 1.29 is 9.47 Å². The molecule has 2 atom stereocenters. The van der Waals surface area contributed by atoms with Crippen molar-refractivity contribution in [1.82, 2.24) is 15.5 Å². The van der Waals surface area contributed by atoms with Crippen molar-refractivity contribution in [2.75, 3.05) is 39.5 Å². The second kappa shape index (κ2) is 12.1. The Labute approximate surface area is 232 Å². The molecule has 5 rings (SSSR count). The number of nitriles is 1. The molecular weight excluding hydrogens is 500 g/mol. The summed E-state index contributed by atoms with van der Waals surface area (Å²) < 4.78 is 11.4. The van der Waals surface area contributed by atoms with Gasteiger partial charge in [-0.1, -0.05) is 17.7 Å². The minimum atomic E-state index is -0.420. The van der Waals surface area contributed by atoms with Crippen LogP contribution in [0, 0.1) is 22.7 Å². The van der Waals surface area contributed by atoms with Gasteiger partial charge in [-0.3, -0.25) is 14.9 Å². The highest BCUT2D eigenvalue weighted by molar-refractivity contribution is 6.30. The first-order chi connectivity index (χ1) is 18.3. The standard InChI is InChI=1S/C29H43ClN6O2/c1-28(2)20-36(12-15-38-28)22-8-6-21(7-9-22)34-27-16-23(24(30)17-32-27)25-4-3-5-26(35-25)33-19-29(18-31)10-13-37-14-11-29/h3,5,17,21-23,25H,4,6-16,19-20H2,1-2H3,(H,32,34)(H,33,35). The van der Waals surface area contributed by atoms with Gasteiger partial charge in [0.05, 0.1) is 36.3 Å². The maximum atomic E-state index is 9.76. The summed E-state index contributed by atoms with van der Waals surface area (Å²) in [4.78, 5) is 12.6. The molecule has 0 radical (unpaired) electrons. The van der Waals surface area contributed by atoms with Crippen LogP contribution in [-0.2, 0) is 9.47 Å². The second-order valence-corrected chi connectivity index (χ2v) is 12.6. The molecule has 9 heteroatoms. The quantitative estimate of drug-likeness (QED) is 0.542. The average molecular weight is 543 g/mol. The summed E-state index contributed by atoms with van der Waals surface area (Å²) in [6.07, 6.45) is 13.9. The highest BCUT2D eigenvalue weighted by Crippen LogP contribution is 2.33. The van der Waals surface area contributed by atoms with Crippen LogP contribution in [0.2, 0.25) is 0 Å². The highest BCUT2D eigenvalue weighted by Gasteiger charge is 2.35. The normalized spacial score (nSPS) is 35.7. The number of nitrogens with zero attached hydrogens (tertiary/aromatic N) is 4. The smallest absolute Gasteiger partial charge is 0.120 e. The summed E-state index contributed by atoms with van der Waals surface area (Å²) in [7, 11) is 0. The van der Waals surface area contributed by atoms with Crippen molar-refractivity contribution in [3.63, 3.8) is 0 Å². The van der Waals surface area contributed by atoms with E-state index in [1.807, 2.05) is 12.3 Å². The molecule has 3 fully saturated rings. The molecule has 2 saturated heterocycles. The van der Waals surface area contributed by atoms with Crippen molar-refractivity contribution in [3.05, 3.63) is 23.4 Å². The van der Waals surface area contributed by atoms with Gasteiger partial charge in [-0.15, -0.1) is 0 Å². The molecule has 8 nitrogen and oxygen atoms in total. The SMILES string of the molecule is CC1(C)CN(C2CCC(N=C3CC(C4CC=CC(=NCC5(C#N)CCOCC5)N4)C(Cl)=CN3)CC2)CCO1. The van der Waals surface area contributed by atoms with E-state index in [9.17, 15) is 5.26 Å². The third kappa shape index (κ3) is 6.80. The fraction of sp³-hybridized carbons (Fsp3) is 0.759. The van der Waals surface area contributed by atoms with Gasteiger partial charge in [0.1, 0.15) is 11.7 Å². The number of ether oxygens (including phenoxy) is 2. The van der Waals surface area contributed by atoms with Crippen LogP contribution in [0.1, 0.15) is 65.2 Å². The average Bonchev–Trinajstić information content (AvgIpc) is 2.93. The third-order valence-corrected chi connectivity index (χ3v) is 9.23. The molecule has 0 spiro atoms. The summed E-state index contributed by atoms with van der Waals surface area (Å²) in [6.45, 7) is 9.05. The predicted octanol–water partition coefficient (Wildman–Crippen LogP) is 4.13. The monoisotopic (exact) mass is 542 g/mol. The lowest BCUT2D eigenvalue weighted by molar-refractivity contribution is -0.100. The minimum absolute atomic E-state index is 0.0448. The fourth-order valence-corrected chi connectivity index (χ4v) is 6.76. The van der Waals surface area contributed by atoms with E-state index in [0.717, 1.165) is 74.9 Å². The molecule has 38 heavy (non-hydrogen) atoms. The molecule has 0 aromatic carbocycles. The Bertz CT molecular complexity index is 1000. The number of hydrogen-bond donors (Lipinski definition) is 2. The van der Waals surface area contributed by atoms with Crippen LogP contribution in [-0.4, -0.2) is 79.8 Å². The van der Waals surface area contributed by atoms with Gasteiger partial charge in [0.25, 0.3) is 0 Å². The predicted molar refractivity (Wildman–Crippen MR) is 151 cm³/mol. The zero-order valence-electron chi connectivity index (χ0n) is 22.9. The topological polar surface area (TPSA) is 94.3 Å². The van der Waals surface area contributed by atoms with E-state index >= 15 is 0 Å².